The van der Waals surface area contributed by atoms with Gasteiger partial charge in [0.25, 0.3) is 17.7 Å². The molecule has 5 rings (SSSR count). The minimum atomic E-state index is -1.87. The van der Waals surface area contributed by atoms with Gasteiger partial charge in [-0.3, -0.25) is 33.8 Å². The lowest BCUT2D eigenvalue weighted by Crippen LogP contribution is -2.69. The molecule has 288 valence electrons. The third-order valence-corrected chi connectivity index (χ3v) is 12.4. The summed E-state index contributed by atoms with van der Waals surface area (Å²) in [6.45, 7) is 9.61. The topological polar surface area (TPSA) is 130 Å². The normalized spacial score (nSPS) is 14.7. The van der Waals surface area contributed by atoms with Gasteiger partial charge in [0.1, 0.15) is 0 Å². The number of thioether (sulfide) groups is 1. The SMILES string of the molecule is CNC(=O)[C@@](SC(c1ccccc1)(c1ccccc1)c1ccccc1)(N(C(=O)CCCCN1C(=O)c2ccccc2C1=O)C(=O)[C@@H](N)CC(C)C)C(C)(C)C. The Morgan fingerprint density at radius 3 is 1.56 bits per heavy atom. The van der Waals surface area contributed by atoms with Gasteiger partial charge in [-0.15, -0.1) is 11.8 Å². The molecule has 0 aromatic heterocycles. The molecule has 0 bridgehead atoms. The standard InChI is InChI=1S/C45H52N4O5S/c1-31(2)30-37(46)41(53)49(38(50)28-18-19-29-48-39(51)35-26-16-17-27-36(35)40(48)52)45(42(54)47-6,43(3,4)5)55-44(32-20-10-7-11-21-32,33-22-12-8-13-23-33)34-24-14-9-15-25-34/h7-17,20-27,31,37H,18-19,28-30,46H2,1-6H3,(H,47,54)/t37-,45-/m0/s1. The van der Waals surface area contributed by atoms with Gasteiger partial charge in [-0.05, 0) is 54.0 Å². The number of fused-ring (bicyclic) bond motifs is 1. The molecule has 5 amide bonds. The van der Waals surface area contributed by atoms with E-state index in [0.717, 1.165) is 21.6 Å². The highest BCUT2D eigenvalue weighted by atomic mass is 32.2. The lowest BCUT2D eigenvalue weighted by Gasteiger charge is -2.53. The van der Waals surface area contributed by atoms with Crippen LogP contribution in [0.25, 0.3) is 0 Å². The van der Waals surface area contributed by atoms with Crippen molar-refractivity contribution in [2.45, 2.75) is 76.0 Å². The summed E-state index contributed by atoms with van der Waals surface area (Å²) in [5.74, 6) is -2.45. The van der Waals surface area contributed by atoms with E-state index in [1.165, 1.54) is 23.7 Å². The Morgan fingerprint density at radius 1 is 0.727 bits per heavy atom. The highest BCUT2D eigenvalue weighted by Gasteiger charge is 2.62. The Hall–Kier alpha value is -5.06. The van der Waals surface area contributed by atoms with Gasteiger partial charge in [-0.1, -0.05) is 138 Å². The maximum absolute atomic E-state index is 15.0. The summed E-state index contributed by atoms with van der Waals surface area (Å²) in [6, 6.07) is 35.1. The third-order valence-electron chi connectivity index (χ3n) is 10.1. The van der Waals surface area contributed by atoms with Gasteiger partial charge < -0.3 is 11.1 Å². The molecule has 2 atom stereocenters. The minimum absolute atomic E-state index is 0.0318. The number of likely N-dealkylation sites (N-methyl/N-ethyl adjacent to an activating group) is 1. The van der Waals surface area contributed by atoms with Crippen LogP contribution in [-0.4, -0.2) is 63.8 Å². The second-order valence-corrected chi connectivity index (χ2v) is 16.8. The average Bonchev–Trinajstić information content (AvgIpc) is 3.42. The summed E-state index contributed by atoms with van der Waals surface area (Å²) in [5.41, 5.74) is 8.88. The number of rotatable bonds is 15. The number of nitrogens with zero attached hydrogens (tertiary/aromatic N) is 2. The third kappa shape index (κ3) is 8.02. The van der Waals surface area contributed by atoms with Gasteiger partial charge in [0, 0.05) is 25.4 Å². The largest absolute Gasteiger partial charge is 0.356 e. The lowest BCUT2D eigenvalue weighted by atomic mass is 9.82. The van der Waals surface area contributed by atoms with E-state index in [1.807, 2.05) is 126 Å². The first kappa shape index (κ1) is 41.1. The maximum Gasteiger partial charge on any atom is 0.261 e. The summed E-state index contributed by atoms with van der Waals surface area (Å²) in [4.78, 5) is 71.6. The molecule has 0 radical (unpaired) electrons. The molecule has 1 heterocycles. The van der Waals surface area contributed by atoms with Crippen LogP contribution in [0.1, 0.15) is 97.7 Å². The molecular formula is C45H52N4O5S. The van der Waals surface area contributed by atoms with Crippen molar-refractivity contribution in [3.05, 3.63) is 143 Å². The number of carbonyl (C=O) groups is 5. The quantitative estimate of drug-likeness (QED) is 0.0560. The first-order valence-electron chi connectivity index (χ1n) is 18.9. The van der Waals surface area contributed by atoms with E-state index in [2.05, 4.69) is 5.32 Å². The minimum Gasteiger partial charge on any atom is -0.356 e. The van der Waals surface area contributed by atoms with Crippen LogP contribution in [0.3, 0.4) is 0 Å². The Labute approximate surface area is 329 Å². The van der Waals surface area contributed by atoms with Crippen LogP contribution in [-0.2, 0) is 19.1 Å². The number of unbranched alkanes of at least 4 members (excludes halogenated alkanes) is 1. The predicted molar refractivity (Wildman–Crippen MR) is 218 cm³/mol. The average molecular weight is 761 g/mol. The highest BCUT2D eigenvalue weighted by molar-refractivity contribution is 8.02. The summed E-state index contributed by atoms with van der Waals surface area (Å²) >= 11 is 1.26. The molecule has 0 fully saturated rings. The Bertz CT molecular complexity index is 1870. The van der Waals surface area contributed by atoms with Gasteiger partial charge >= 0.3 is 0 Å². The number of nitrogens with two attached hydrogens (primary N) is 1. The van der Waals surface area contributed by atoms with Crippen LogP contribution >= 0.6 is 11.8 Å². The van der Waals surface area contributed by atoms with Gasteiger partial charge in [0.15, 0.2) is 4.87 Å². The molecule has 9 nitrogen and oxygen atoms in total. The first-order chi connectivity index (χ1) is 26.2. The fourth-order valence-electron chi connectivity index (χ4n) is 7.44. The maximum atomic E-state index is 15.0. The monoisotopic (exact) mass is 760 g/mol. The second kappa shape index (κ2) is 17.2. The molecule has 0 spiro atoms. The summed E-state index contributed by atoms with van der Waals surface area (Å²) in [7, 11) is 1.52. The van der Waals surface area contributed by atoms with Crippen molar-refractivity contribution in [3.63, 3.8) is 0 Å². The molecule has 55 heavy (non-hydrogen) atoms. The fourth-order valence-corrected chi connectivity index (χ4v) is 9.43. The van der Waals surface area contributed by atoms with Gasteiger partial charge in [0.2, 0.25) is 11.8 Å². The molecule has 3 N–H and O–H groups in total. The number of carbonyl (C=O) groups excluding carboxylic acids is 5. The predicted octanol–water partition coefficient (Wildman–Crippen LogP) is 7.40. The molecule has 0 aliphatic carbocycles. The Balaban J connectivity index is 1.65. The van der Waals surface area contributed by atoms with Crippen LogP contribution in [0.2, 0.25) is 0 Å². The zero-order chi connectivity index (χ0) is 40.0. The fraction of sp³-hybridized carbons (Fsp3) is 0.356. The lowest BCUT2D eigenvalue weighted by molar-refractivity contribution is -0.159. The van der Waals surface area contributed by atoms with Crippen molar-refractivity contribution in [2.24, 2.45) is 17.1 Å². The summed E-state index contributed by atoms with van der Waals surface area (Å²) in [6.07, 6.45) is 0.722. The zero-order valence-corrected chi connectivity index (χ0v) is 33.4. The van der Waals surface area contributed by atoms with Crippen LogP contribution in [0.15, 0.2) is 115 Å². The molecule has 1 aliphatic rings. The van der Waals surface area contributed by atoms with E-state index in [4.69, 9.17) is 5.73 Å². The van der Waals surface area contributed by atoms with Crippen molar-refractivity contribution < 1.29 is 24.0 Å². The zero-order valence-electron chi connectivity index (χ0n) is 32.6. The smallest absolute Gasteiger partial charge is 0.261 e. The Kier molecular flexibility index (Phi) is 12.8. The van der Waals surface area contributed by atoms with E-state index in [0.29, 0.717) is 24.0 Å². The van der Waals surface area contributed by atoms with E-state index >= 15 is 4.79 Å². The second-order valence-electron chi connectivity index (χ2n) is 15.4. The molecule has 0 saturated carbocycles. The molecule has 0 unspecified atom stereocenters. The van der Waals surface area contributed by atoms with Crippen molar-refractivity contribution in [2.75, 3.05) is 13.6 Å². The molecule has 1 aliphatic heterocycles. The number of hydrogen-bond acceptors (Lipinski definition) is 7. The van der Waals surface area contributed by atoms with Crippen LogP contribution < -0.4 is 11.1 Å². The van der Waals surface area contributed by atoms with E-state index in [-0.39, 0.29) is 37.1 Å². The number of amides is 5. The molecule has 10 heteroatoms. The molecule has 4 aromatic carbocycles. The van der Waals surface area contributed by atoms with Crippen molar-refractivity contribution >= 4 is 41.3 Å². The number of imide groups is 2. The number of nitrogens with one attached hydrogen (secondary N) is 1. The van der Waals surface area contributed by atoms with Crippen molar-refractivity contribution in [1.82, 2.24) is 15.1 Å². The van der Waals surface area contributed by atoms with Gasteiger partial charge in [-0.25, -0.2) is 0 Å². The highest BCUT2D eigenvalue weighted by Crippen LogP contribution is 2.59. The van der Waals surface area contributed by atoms with Crippen molar-refractivity contribution in [3.8, 4) is 0 Å². The summed E-state index contributed by atoms with van der Waals surface area (Å²) < 4.78 is -1.12. The number of benzene rings is 4. The van der Waals surface area contributed by atoms with Crippen molar-refractivity contribution in [1.29, 1.82) is 0 Å². The van der Waals surface area contributed by atoms with Crippen LogP contribution in [0.5, 0.6) is 0 Å². The molecule has 4 aromatic rings. The van der Waals surface area contributed by atoms with E-state index in [1.54, 1.807) is 24.3 Å². The first-order valence-corrected chi connectivity index (χ1v) is 19.7. The number of hydrogen-bond donors (Lipinski definition) is 2. The molecular weight excluding hydrogens is 709 g/mol. The molecule has 0 saturated heterocycles. The van der Waals surface area contributed by atoms with E-state index in [9.17, 15) is 19.2 Å². The Morgan fingerprint density at radius 2 is 1.16 bits per heavy atom. The summed E-state index contributed by atoms with van der Waals surface area (Å²) in [5, 5.41) is 2.85. The van der Waals surface area contributed by atoms with Crippen LogP contribution in [0, 0.1) is 11.3 Å². The van der Waals surface area contributed by atoms with Crippen LogP contribution in [0.4, 0.5) is 0 Å². The van der Waals surface area contributed by atoms with Gasteiger partial charge in [0.05, 0.1) is 21.9 Å². The van der Waals surface area contributed by atoms with E-state index < -0.39 is 38.8 Å². The van der Waals surface area contributed by atoms with Gasteiger partial charge in [-0.2, -0.15) is 0 Å².